The van der Waals surface area contributed by atoms with Gasteiger partial charge in [0.1, 0.15) is 6.54 Å². The molecular weight excluding hydrogens is 503 g/mol. The molecule has 0 atom stereocenters. The Morgan fingerprint density at radius 1 is 0.872 bits per heavy atom. The molecule has 1 N–H and O–H groups in total. The van der Waals surface area contributed by atoms with Crippen molar-refractivity contribution in [2.75, 3.05) is 19.6 Å². The van der Waals surface area contributed by atoms with Crippen molar-refractivity contribution in [3.63, 3.8) is 0 Å². The Hall–Kier alpha value is -4.07. The Morgan fingerprint density at radius 3 is 2.23 bits per heavy atom. The van der Waals surface area contributed by atoms with E-state index in [1.165, 1.54) is 17.0 Å². The zero-order valence-corrected chi connectivity index (χ0v) is 22.1. The Bertz CT molecular complexity index is 1410. The van der Waals surface area contributed by atoms with E-state index < -0.39 is 17.6 Å². The van der Waals surface area contributed by atoms with Gasteiger partial charge in [-0.1, -0.05) is 55.0 Å². The minimum Gasteiger partial charge on any atom is -0.361 e. The summed E-state index contributed by atoms with van der Waals surface area (Å²) < 4.78 is 38.9. The van der Waals surface area contributed by atoms with Crippen molar-refractivity contribution in [1.29, 1.82) is 0 Å². The first-order valence-corrected chi connectivity index (χ1v) is 13.0. The van der Waals surface area contributed by atoms with Gasteiger partial charge in [-0.2, -0.15) is 13.2 Å². The fraction of sp³-hybridized carbons (Fsp3) is 0.290. The van der Waals surface area contributed by atoms with Crippen LogP contribution in [0.2, 0.25) is 0 Å². The first kappa shape index (κ1) is 28.0. The molecule has 2 amide bonds. The standard InChI is InChI=1S/C31H32F3N3O2/c1-3-17-37(30(39)24-12-14-26(15-13-24)31(32,33)34)21-29(38)36(20-23-10-8-22(2)9-11-23)18-16-25-19-35-28-7-5-4-6-27(25)28/h4-15,19,35H,3,16-18,20-21H2,1-2H3. The second kappa shape index (κ2) is 12.2. The molecule has 5 nitrogen and oxygen atoms in total. The first-order chi connectivity index (χ1) is 18.7. The Kier molecular flexibility index (Phi) is 8.74. The number of rotatable bonds is 10. The van der Waals surface area contributed by atoms with Crippen LogP contribution in [0.15, 0.2) is 79.0 Å². The zero-order chi connectivity index (χ0) is 28.0. The molecule has 0 fully saturated rings. The molecule has 0 aliphatic rings. The number of H-pyrrole nitrogens is 1. The van der Waals surface area contributed by atoms with E-state index in [1.807, 2.05) is 68.6 Å². The molecule has 39 heavy (non-hydrogen) atoms. The van der Waals surface area contributed by atoms with Gasteiger partial charge in [-0.05, 0) is 61.2 Å². The maximum Gasteiger partial charge on any atom is 0.416 e. The number of nitrogens with one attached hydrogen (secondary N) is 1. The monoisotopic (exact) mass is 535 g/mol. The van der Waals surface area contributed by atoms with Crippen molar-refractivity contribution in [1.82, 2.24) is 14.8 Å². The molecule has 4 rings (SSSR count). The molecule has 3 aromatic carbocycles. The molecular formula is C31H32F3N3O2. The van der Waals surface area contributed by atoms with Crippen LogP contribution in [-0.4, -0.2) is 46.2 Å². The third-order valence-electron chi connectivity index (χ3n) is 6.74. The number of aromatic nitrogens is 1. The van der Waals surface area contributed by atoms with Crippen LogP contribution in [0.3, 0.4) is 0 Å². The molecule has 0 radical (unpaired) electrons. The van der Waals surface area contributed by atoms with Gasteiger partial charge in [0.25, 0.3) is 5.91 Å². The number of nitrogens with zero attached hydrogens (tertiary/aromatic N) is 2. The maximum absolute atomic E-state index is 13.6. The van der Waals surface area contributed by atoms with Gasteiger partial charge in [0.15, 0.2) is 0 Å². The van der Waals surface area contributed by atoms with Gasteiger partial charge < -0.3 is 14.8 Å². The predicted molar refractivity (Wildman–Crippen MR) is 146 cm³/mol. The zero-order valence-electron chi connectivity index (χ0n) is 22.1. The highest BCUT2D eigenvalue weighted by Crippen LogP contribution is 2.29. The number of hydrogen-bond donors (Lipinski definition) is 1. The average Bonchev–Trinajstić information content (AvgIpc) is 3.34. The van der Waals surface area contributed by atoms with Gasteiger partial charge >= 0.3 is 6.18 Å². The number of halogens is 3. The van der Waals surface area contributed by atoms with Crippen LogP contribution >= 0.6 is 0 Å². The number of alkyl halides is 3. The molecule has 1 aromatic heterocycles. The van der Waals surface area contributed by atoms with Crippen LogP contribution < -0.4 is 0 Å². The molecule has 0 saturated heterocycles. The molecule has 8 heteroatoms. The fourth-order valence-corrected chi connectivity index (χ4v) is 4.57. The molecule has 0 unspecified atom stereocenters. The van der Waals surface area contributed by atoms with Crippen LogP contribution in [0.25, 0.3) is 10.9 Å². The smallest absolute Gasteiger partial charge is 0.361 e. The highest BCUT2D eigenvalue weighted by atomic mass is 19.4. The van der Waals surface area contributed by atoms with Crippen LogP contribution in [0, 0.1) is 6.92 Å². The molecule has 204 valence electrons. The number of amides is 2. The number of para-hydroxylation sites is 1. The van der Waals surface area contributed by atoms with E-state index in [1.54, 1.807) is 4.90 Å². The van der Waals surface area contributed by atoms with Crippen LogP contribution in [0.1, 0.15) is 46.0 Å². The summed E-state index contributed by atoms with van der Waals surface area (Å²) in [7, 11) is 0. The van der Waals surface area contributed by atoms with Crippen molar-refractivity contribution in [2.24, 2.45) is 0 Å². The van der Waals surface area contributed by atoms with E-state index in [9.17, 15) is 22.8 Å². The maximum atomic E-state index is 13.6. The third-order valence-corrected chi connectivity index (χ3v) is 6.74. The van der Waals surface area contributed by atoms with E-state index in [0.29, 0.717) is 32.5 Å². The van der Waals surface area contributed by atoms with Crippen molar-refractivity contribution in [2.45, 2.75) is 39.4 Å². The lowest BCUT2D eigenvalue weighted by atomic mass is 10.1. The molecule has 1 heterocycles. The summed E-state index contributed by atoms with van der Waals surface area (Å²) in [5.74, 6) is -0.685. The highest BCUT2D eigenvalue weighted by molar-refractivity contribution is 5.96. The normalized spacial score (nSPS) is 11.5. The van der Waals surface area contributed by atoms with E-state index in [4.69, 9.17) is 0 Å². The van der Waals surface area contributed by atoms with Gasteiger partial charge in [0.05, 0.1) is 5.56 Å². The summed E-state index contributed by atoms with van der Waals surface area (Å²) in [5, 5.41) is 1.10. The lowest BCUT2D eigenvalue weighted by Gasteiger charge is -2.28. The molecule has 0 aliphatic heterocycles. The highest BCUT2D eigenvalue weighted by Gasteiger charge is 2.30. The number of carbonyl (C=O) groups is 2. The van der Waals surface area contributed by atoms with E-state index >= 15 is 0 Å². The van der Waals surface area contributed by atoms with E-state index in [2.05, 4.69) is 4.98 Å². The number of aryl methyl sites for hydroxylation is 1. The molecule has 0 bridgehead atoms. The second-order valence-corrected chi connectivity index (χ2v) is 9.71. The Labute approximate surface area is 226 Å². The van der Waals surface area contributed by atoms with Crippen molar-refractivity contribution in [3.05, 3.63) is 107 Å². The second-order valence-electron chi connectivity index (χ2n) is 9.71. The molecule has 0 spiro atoms. The Balaban J connectivity index is 1.52. The average molecular weight is 536 g/mol. The summed E-state index contributed by atoms with van der Waals surface area (Å²) in [4.78, 5) is 33.3. The topological polar surface area (TPSA) is 56.4 Å². The first-order valence-electron chi connectivity index (χ1n) is 13.0. The minimum absolute atomic E-state index is 0.119. The lowest BCUT2D eigenvalue weighted by Crippen LogP contribution is -2.43. The summed E-state index contributed by atoms with van der Waals surface area (Å²) in [5.41, 5.74) is 3.52. The van der Waals surface area contributed by atoms with E-state index in [0.717, 1.165) is 39.7 Å². The lowest BCUT2D eigenvalue weighted by molar-refractivity contribution is -0.137. The summed E-state index contributed by atoms with van der Waals surface area (Å²) in [6.45, 7) is 4.87. The van der Waals surface area contributed by atoms with Crippen molar-refractivity contribution < 1.29 is 22.8 Å². The van der Waals surface area contributed by atoms with Gasteiger partial charge in [-0.25, -0.2) is 0 Å². The molecule has 0 saturated carbocycles. The summed E-state index contributed by atoms with van der Waals surface area (Å²) >= 11 is 0. The van der Waals surface area contributed by atoms with Crippen LogP contribution in [0.5, 0.6) is 0 Å². The SMILES string of the molecule is CCCN(CC(=O)N(CCc1c[nH]c2ccccc12)Cc1ccc(C)cc1)C(=O)c1ccc(C(F)(F)F)cc1. The van der Waals surface area contributed by atoms with Gasteiger partial charge in [-0.3, -0.25) is 9.59 Å². The quantitative estimate of drug-likeness (QED) is 0.248. The van der Waals surface area contributed by atoms with Gasteiger partial charge in [0, 0.05) is 42.3 Å². The number of hydrogen-bond acceptors (Lipinski definition) is 2. The Morgan fingerprint density at radius 2 is 1.56 bits per heavy atom. The van der Waals surface area contributed by atoms with Crippen molar-refractivity contribution >= 4 is 22.7 Å². The number of benzene rings is 3. The summed E-state index contributed by atoms with van der Waals surface area (Å²) in [6.07, 6.45) is -1.30. The largest absolute Gasteiger partial charge is 0.416 e. The number of aromatic amines is 1. The predicted octanol–water partition coefficient (Wildman–Crippen LogP) is 6.62. The number of carbonyl (C=O) groups excluding carboxylic acids is 2. The van der Waals surface area contributed by atoms with Crippen LogP contribution in [0.4, 0.5) is 13.2 Å². The fourth-order valence-electron chi connectivity index (χ4n) is 4.57. The van der Waals surface area contributed by atoms with Crippen LogP contribution in [-0.2, 0) is 23.9 Å². The van der Waals surface area contributed by atoms with Crippen molar-refractivity contribution in [3.8, 4) is 0 Å². The van der Waals surface area contributed by atoms with Gasteiger partial charge in [-0.15, -0.1) is 0 Å². The number of fused-ring (bicyclic) bond motifs is 1. The van der Waals surface area contributed by atoms with Gasteiger partial charge in [0.2, 0.25) is 5.91 Å². The van der Waals surface area contributed by atoms with E-state index in [-0.39, 0.29) is 18.0 Å². The molecule has 0 aliphatic carbocycles. The summed E-state index contributed by atoms with van der Waals surface area (Å²) in [6, 6.07) is 20.1. The minimum atomic E-state index is -4.48. The third kappa shape index (κ3) is 7.07. The molecule has 4 aromatic rings.